The highest BCUT2D eigenvalue weighted by atomic mass is 16.6. The number of unbranched alkanes of at least 4 members (excludes halogenated alkanes) is 42. The minimum Gasteiger partial charge on any atom is -0.462 e. The molecule has 1 unspecified atom stereocenters. The van der Waals surface area contributed by atoms with Gasteiger partial charge in [-0.3, -0.25) is 14.4 Å². The minimum absolute atomic E-state index is 0.0757. The first kappa shape index (κ1) is 72.4. The van der Waals surface area contributed by atoms with E-state index in [1.807, 2.05) is 0 Å². The predicted octanol–water partition coefficient (Wildman–Crippen LogP) is 22.6. The summed E-state index contributed by atoms with van der Waals surface area (Å²) in [6.45, 7) is 6.57. The highest BCUT2D eigenvalue weighted by Crippen LogP contribution is 2.18. The molecule has 0 aromatic rings. The molecule has 0 aromatic carbocycles. The lowest BCUT2D eigenvalue weighted by Crippen LogP contribution is -2.30. The van der Waals surface area contributed by atoms with E-state index >= 15 is 0 Å². The Kier molecular flexibility index (Phi) is 61.7. The molecule has 0 saturated carbocycles. The van der Waals surface area contributed by atoms with E-state index in [0.717, 1.165) is 96.3 Å². The Morgan fingerprint density at radius 2 is 0.520 bits per heavy atom. The highest BCUT2D eigenvalue weighted by molar-refractivity contribution is 5.71. The third-order valence-corrected chi connectivity index (χ3v) is 14.8. The summed E-state index contributed by atoms with van der Waals surface area (Å²) in [5.74, 6) is -0.873. The average Bonchev–Trinajstić information content (AvgIpc) is 3.41. The van der Waals surface area contributed by atoms with E-state index in [1.165, 1.54) is 218 Å². The maximum Gasteiger partial charge on any atom is 0.306 e. The lowest BCUT2D eigenvalue weighted by atomic mass is 10.0. The fraction of sp³-hybridized carbons (Fsp3) is 0.841. The normalized spacial score (nSPS) is 12.3. The second kappa shape index (κ2) is 63.9. The fourth-order valence-corrected chi connectivity index (χ4v) is 9.87. The molecule has 6 nitrogen and oxygen atoms in total. The van der Waals surface area contributed by atoms with Crippen molar-refractivity contribution in [2.24, 2.45) is 0 Å². The largest absolute Gasteiger partial charge is 0.462 e. The highest BCUT2D eigenvalue weighted by Gasteiger charge is 2.19. The number of hydrogen-bond donors (Lipinski definition) is 0. The zero-order chi connectivity index (χ0) is 54.3. The van der Waals surface area contributed by atoms with Crippen LogP contribution < -0.4 is 0 Å². The lowest BCUT2D eigenvalue weighted by molar-refractivity contribution is -0.167. The van der Waals surface area contributed by atoms with Gasteiger partial charge in [0.15, 0.2) is 6.10 Å². The molecule has 75 heavy (non-hydrogen) atoms. The third kappa shape index (κ3) is 62.1. The third-order valence-electron chi connectivity index (χ3n) is 14.8. The molecular weight excluding hydrogens is 925 g/mol. The molecule has 0 rings (SSSR count). The van der Waals surface area contributed by atoms with Crippen LogP contribution in [0.2, 0.25) is 0 Å². The maximum atomic E-state index is 12.9. The number of allylic oxidation sites excluding steroid dienone is 8. The van der Waals surface area contributed by atoms with Crippen molar-refractivity contribution in [2.45, 2.75) is 361 Å². The van der Waals surface area contributed by atoms with Crippen LogP contribution in [0.5, 0.6) is 0 Å². The van der Waals surface area contributed by atoms with Crippen molar-refractivity contribution in [3.8, 4) is 0 Å². The molecule has 0 aromatic heterocycles. The molecule has 0 aliphatic rings. The van der Waals surface area contributed by atoms with Gasteiger partial charge in [0.05, 0.1) is 0 Å². The molecule has 0 bridgehead atoms. The quantitative estimate of drug-likeness (QED) is 0.0261. The Bertz CT molecular complexity index is 1300. The van der Waals surface area contributed by atoms with E-state index in [9.17, 15) is 14.4 Å². The van der Waals surface area contributed by atoms with Crippen LogP contribution in [-0.2, 0) is 28.6 Å². The summed E-state index contributed by atoms with van der Waals surface area (Å²) in [6, 6.07) is 0. The number of esters is 3. The van der Waals surface area contributed by atoms with Gasteiger partial charge in [0.25, 0.3) is 0 Å². The topological polar surface area (TPSA) is 78.9 Å². The van der Waals surface area contributed by atoms with Gasteiger partial charge in [-0.15, -0.1) is 0 Å². The molecular formula is C69H126O6. The van der Waals surface area contributed by atoms with Crippen LogP contribution in [0.3, 0.4) is 0 Å². The second-order valence-corrected chi connectivity index (χ2v) is 22.4. The molecule has 0 amide bonds. The van der Waals surface area contributed by atoms with Gasteiger partial charge in [-0.2, -0.15) is 0 Å². The molecule has 0 fully saturated rings. The van der Waals surface area contributed by atoms with Gasteiger partial charge >= 0.3 is 17.9 Å². The van der Waals surface area contributed by atoms with Crippen molar-refractivity contribution in [3.63, 3.8) is 0 Å². The van der Waals surface area contributed by atoms with E-state index in [1.54, 1.807) is 0 Å². The fourth-order valence-electron chi connectivity index (χ4n) is 9.87. The van der Waals surface area contributed by atoms with Gasteiger partial charge in [0.2, 0.25) is 0 Å². The smallest absolute Gasteiger partial charge is 0.306 e. The zero-order valence-electron chi connectivity index (χ0n) is 50.3. The first-order valence-corrected chi connectivity index (χ1v) is 33.1. The molecule has 1 atom stereocenters. The van der Waals surface area contributed by atoms with Gasteiger partial charge in [-0.25, -0.2) is 0 Å². The van der Waals surface area contributed by atoms with Crippen LogP contribution in [0.4, 0.5) is 0 Å². The summed E-state index contributed by atoms with van der Waals surface area (Å²) in [4.78, 5) is 38.4. The van der Waals surface area contributed by atoms with E-state index < -0.39 is 6.10 Å². The molecule has 0 heterocycles. The number of carbonyl (C=O) groups excluding carboxylic acids is 3. The molecule has 0 aliphatic heterocycles. The van der Waals surface area contributed by atoms with E-state index in [-0.39, 0.29) is 31.1 Å². The molecule has 6 heteroatoms. The summed E-state index contributed by atoms with van der Waals surface area (Å²) in [7, 11) is 0. The van der Waals surface area contributed by atoms with E-state index in [2.05, 4.69) is 69.4 Å². The minimum atomic E-state index is -0.781. The first-order valence-electron chi connectivity index (χ1n) is 33.1. The summed E-state index contributed by atoms with van der Waals surface area (Å²) in [5.41, 5.74) is 0. The van der Waals surface area contributed by atoms with Gasteiger partial charge < -0.3 is 14.2 Å². The van der Waals surface area contributed by atoms with Crippen LogP contribution in [0.25, 0.3) is 0 Å². The number of rotatable bonds is 61. The van der Waals surface area contributed by atoms with Crippen molar-refractivity contribution < 1.29 is 28.6 Å². The van der Waals surface area contributed by atoms with Crippen LogP contribution >= 0.6 is 0 Å². The predicted molar refractivity (Wildman–Crippen MR) is 325 cm³/mol. The Balaban J connectivity index is 4.30. The Morgan fingerprint density at radius 3 is 0.827 bits per heavy atom. The Labute approximate surface area is 467 Å². The van der Waals surface area contributed by atoms with Gasteiger partial charge in [-0.05, 0) is 77.0 Å². The molecule has 438 valence electrons. The molecule has 0 N–H and O–H groups in total. The van der Waals surface area contributed by atoms with Gasteiger partial charge in [0.1, 0.15) is 13.2 Å². The summed E-state index contributed by atoms with van der Waals surface area (Å²) < 4.78 is 16.9. The SMILES string of the molecule is CC/C=C\C/C=C\C/C=C\CCCCCCCC(=O)OCC(COC(=O)CCCCCCCCCCCCCCCCCCCCCCCCC)OC(=O)CCCCCCCCCCC/C=C\CCCCCCCC. The Morgan fingerprint density at radius 1 is 0.280 bits per heavy atom. The zero-order valence-corrected chi connectivity index (χ0v) is 50.3. The maximum absolute atomic E-state index is 12.9. The van der Waals surface area contributed by atoms with E-state index in [0.29, 0.717) is 19.3 Å². The average molecular weight is 1050 g/mol. The van der Waals surface area contributed by atoms with Crippen LogP contribution in [-0.4, -0.2) is 37.2 Å². The van der Waals surface area contributed by atoms with Gasteiger partial charge in [0, 0.05) is 19.3 Å². The van der Waals surface area contributed by atoms with Crippen molar-refractivity contribution in [3.05, 3.63) is 48.6 Å². The first-order chi connectivity index (χ1) is 37.0. The monoisotopic (exact) mass is 1050 g/mol. The van der Waals surface area contributed by atoms with Crippen molar-refractivity contribution in [1.29, 1.82) is 0 Å². The van der Waals surface area contributed by atoms with E-state index in [4.69, 9.17) is 14.2 Å². The summed E-state index contributed by atoms with van der Waals surface area (Å²) in [5, 5.41) is 0. The van der Waals surface area contributed by atoms with Gasteiger partial charge in [-0.1, -0.05) is 307 Å². The van der Waals surface area contributed by atoms with Crippen LogP contribution in [0, 0.1) is 0 Å². The molecule has 0 spiro atoms. The molecule has 0 radical (unpaired) electrons. The van der Waals surface area contributed by atoms with Crippen molar-refractivity contribution in [2.75, 3.05) is 13.2 Å². The van der Waals surface area contributed by atoms with Crippen molar-refractivity contribution in [1.82, 2.24) is 0 Å². The van der Waals surface area contributed by atoms with Crippen LogP contribution in [0.15, 0.2) is 48.6 Å². The summed E-state index contributed by atoms with van der Waals surface area (Å²) in [6.07, 6.45) is 79.8. The molecule has 0 aliphatic carbocycles. The van der Waals surface area contributed by atoms with Crippen molar-refractivity contribution >= 4 is 17.9 Å². The Hall–Kier alpha value is -2.63. The number of hydrogen-bond acceptors (Lipinski definition) is 6. The second-order valence-electron chi connectivity index (χ2n) is 22.4. The number of carbonyl (C=O) groups is 3. The summed E-state index contributed by atoms with van der Waals surface area (Å²) >= 11 is 0. The van der Waals surface area contributed by atoms with Crippen LogP contribution in [0.1, 0.15) is 355 Å². The lowest BCUT2D eigenvalue weighted by Gasteiger charge is -2.18. The number of ether oxygens (including phenoxy) is 3. The standard InChI is InChI=1S/C69H126O6/c1-4-7-10-13-16-19-22-25-28-30-32-33-34-35-37-38-41-44-47-50-53-56-59-62-68(71)74-65-66(64-73-67(70)61-58-55-52-49-46-43-40-27-24-21-18-15-12-9-6-3)75-69(72)63-60-57-54-51-48-45-42-39-36-31-29-26-23-20-17-14-11-8-5-2/h9,12,18,21,26-27,29,40,66H,4-8,10-11,13-17,19-20,22-25,28,30-39,41-65H2,1-3H3/b12-9-,21-18-,29-26-,40-27-. The molecule has 0 saturated heterocycles.